The Morgan fingerprint density at radius 3 is 2.36 bits per heavy atom. The van der Waals surface area contributed by atoms with E-state index >= 15 is 0 Å². The molecule has 3 rings (SSSR count). The predicted molar refractivity (Wildman–Crippen MR) is 132 cm³/mol. The van der Waals surface area contributed by atoms with Crippen LogP contribution in [0.15, 0.2) is 46.6 Å². The maximum absolute atomic E-state index is 13.5. The summed E-state index contributed by atoms with van der Waals surface area (Å²) in [4.78, 5) is 28.4. The third-order valence-corrected chi connectivity index (χ3v) is 5.95. The van der Waals surface area contributed by atoms with Crippen LogP contribution in [0.5, 0.6) is 17.2 Å². The lowest BCUT2D eigenvalue weighted by Crippen LogP contribution is -2.35. The van der Waals surface area contributed by atoms with Gasteiger partial charge in [-0.05, 0) is 67.2 Å². The topological polar surface area (TPSA) is 77.5 Å². The number of benzene rings is 2. The van der Waals surface area contributed by atoms with Gasteiger partial charge in [0.15, 0.2) is 16.6 Å². The highest BCUT2D eigenvalue weighted by Gasteiger charge is 2.40. The van der Waals surface area contributed by atoms with Gasteiger partial charge in [-0.2, -0.15) is 0 Å². The summed E-state index contributed by atoms with van der Waals surface area (Å²) in [6.45, 7) is 2.13. The summed E-state index contributed by atoms with van der Waals surface area (Å²) >= 11 is 9.09. The molecule has 0 aromatic heterocycles. The van der Waals surface area contributed by atoms with Crippen molar-refractivity contribution in [2.45, 2.75) is 6.92 Å². The molecular weight excluding hydrogens is 512 g/mol. The molecule has 2 aromatic rings. The van der Waals surface area contributed by atoms with Gasteiger partial charge in [0.2, 0.25) is 0 Å². The summed E-state index contributed by atoms with van der Waals surface area (Å²) < 4.78 is 21.7. The van der Waals surface area contributed by atoms with E-state index in [0.29, 0.717) is 39.6 Å². The first-order valence-electron chi connectivity index (χ1n) is 9.93. The lowest BCUT2D eigenvalue weighted by atomic mass is 10.1. The Morgan fingerprint density at radius 1 is 1.09 bits per heavy atom. The fourth-order valence-electron chi connectivity index (χ4n) is 3.22. The summed E-state index contributed by atoms with van der Waals surface area (Å²) in [5.41, 5.74) is 1.41. The Hall–Kier alpha value is -3.11. The number of rotatable bonds is 8. The fourth-order valence-corrected chi connectivity index (χ4v) is 4.01. The largest absolute Gasteiger partial charge is 0.497 e. The quantitative estimate of drug-likeness (QED) is 0.285. The van der Waals surface area contributed by atoms with Crippen molar-refractivity contribution < 1.29 is 28.5 Å². The van der Waals surface area contributed by atoms with E-state index in [1.807, 2.05) is 6.92 Å². The third-order valence-electron chi connectivity index (χ3n) is 4.86. The molecule has 10 heteroatoms. The summed E-state index contributed by atoms with van der Waals surface area (Å²) in [5.74, 6) is 0.800. The Morgan fingerprint density at radius 2 is 1.79 bits per heavy atom. The highest BCUT2D eigenvalue weighted by molar-refractivity contribution is 9.10. The number of nitrogens with zero attached hydrogens (tertiary/aromatic N) is 2. The van der Waals surface area contributed by atoms with Crippen molar-refractivity contribution in [3.63, 3.8) is 0 Å². The number of thiocarbonyl (C=S) groups is 1. The summed E-state index contributed by atoms with van der Waals surface area (Å²) in [7, 11) is 4.37. The number of methoxy groups -OCH3 is 3. The number of halogens is 1. The van der Waals surface area contributed by atoms with Crippen LogP contribution in [0.25, 0.3) is 6.08 Å². The molecule has 0 spiro atoms. The standard InChI is InChI=1S/C23H23BrN2O6S/c1-5-32-20-12-17(24)14(11-19(20)30-3)10-18-22(28)26(15-6-8-16(29-2)9-7-15)23(33)25(18)13-21(27)31-4/h6-12H,5,13H2,1-4H3/b18-10-. The number of hydrogen-bond acceptors (Lipinski definition) is 7. The molecule has 0 radical (unpaired) electrons. The average Bonchev–Trinajstić information content (AvgIpc) is 3.04. The molecule has 0 N–H and O–H groups in total. The van der Waals surface area contributed by atoms with Gasteiger partial charge in [0.25, 0.3) is 5.91 Å². The number of hydrogen-bond donors (Lipinski definition) is 0. The van der Waals surface area contributed by atoms with E-state index in [1.54, 1.807) is 49.6 Å². The SMILES string of the molecule is CCOc1cc(Br)c(/C=C2/C(=O)N(c3ccc(OC)cc3)C(=S)N2CC(=O)OC)cc1OC. The number of carbonyl (C=O) groups is 2. The van der Waals surface area contributed by atoms with E-state index in [2.05, 4.69) is 15.9 Å². The molecule has 1 fully saturated rings. The van der Waals surface area contributed by atoms with E-state index in [4.69, 9.17) is 31.2 Å². The molecule has 1 amide bonds. The maximum Gasteiger partial charge on any atom is 0.325 e. The van der Waals surface area contributed by atoms with Gasteiger partial charge in [-0.25, -0.2) is 0 Å². The molecule has 2 aromatic carbocycles. The zero-order valence-electron chi connectivity index (χ0n) is 18.6. The van der Waals surface area contributed by atoms with Crippen molar-refractivity contribution in [1.82, 2.24) is 4.90 Å². The molecule has 0 unspecified atom stereocenters. The van der Waals surface area contributed by atoms with E-state index in [0.717, 1.165) is 0 Å². The van der Waals surface area contributed by atoms with Crippen molar-refractivity contribution in [3.8, 4) is 17.2 Å². The van der Waals surface area contributed by atoms with Crippen LogP contribution in [0.3, 0.4) is 0 Å². The molecule has 0 bridgehead atoms. The number of amides is 1. The summed E-state index contributed by atoms with van der Waals surface area (Å²) in [5, 5.41) is 0.163. The Balaban J connectivity index is 2.08. The first-order chi connectivity index (χ1) is 15.8. The van der Waals surface area contributed by atoms with Crippen LogP contribution in [-0.2, 0) is 14.3 Å². The lowest BCUT2D eigenvalue weighted by Gasteiger charge is -2.19. The Labute approximate surface area is 205 Å². The fraction of sp³-hybridized carbons (Fsp3) is 0.261. The monoisotopic (exact) mass is 534 g/mol. The van der Waals surface area contributed by atoms with Crippen LogP contribution in [0.4, 0.5) is 5.69 Å². The second kappa shape index (κ2) is 10.7. The van der Waals surface area contributed by atoms with E-state index in [1.165, 1.54) is 24.0 Å². The van der Waals surface area contributed by atoms with Crippen molar-refractivity contribution >= 4 is 56.9 Å². The molecule has 0 atom stereocenters. The molecule has 1 aliphatic rings. The van der Waals surface area contributed by atoms with Crippen LogP contribution in [0.1, 0.15) is 12.5 Å². The minimum absolute atomic E-state index is 0.163. The van der Waals surface area contributed by atoms with Gasteiger partial charge in [0.1, 0.15) is 18.0 Å². The van der Waals surface area contributed by atoms with Gasteiger partial charge in [-0.3, -0.25) is 14.5 Å². The first kappa shape index (κ1) is 24.5. The minimum atomic E-state index is -0.532. The number of ether oxygens (including phenoxy) is 4. The Kier molecular flexibility index (Phi) is 7.93. The van der Waals surface area contributed by atoms with Gasteiger partial charge < -0.3 is 23.8 Å². The zero-order valence-corrected chi connectivity index (χ0v) is 21.0. The highest BCUT2D eigenvalue weighted by Crippen LogP contribution is 2.36. The molecule has 1 heterocycles. The smallest absolute Gasteiger partial charge is 0.325 e. The van der Waals surface area contributed by atoms with Crippen molar-refractivity contribution in [2.75, 3.05) is 39.4 Å². The van der Waals surface area contributed by atoms with Crippen LogP contribution in [-0.4, -0.2) is 56.4 Å². The highest BCUT2D eigenvalue weighted by atomic mass is 79.9. The molecule has 1 aliphatic heterocycles. The van der Waals surface area contributed by atoms with Crippen molar-refractivity contribution in [1.29, 1.82) is 0 Å². The summed E-state index contributed by atoms with van der Waals surface area (Å²) in [6, 6.07) is 10.4. The van der Waals surface area contributed by atoms with Crippen molar-refractivity contribution in [3.05, 3.63) is 52.1 Å². The van der Waals surface area contributed by atoms with Crippen LogP contribution < -0.4 is 19.1 Å². The van der Waals surface area contributed by atoms with Gasteiger partial charge >= 0.3 is 5.97 Å². The van der Waals surface area contributed by atoms with E-state index < -0.39 is 5.97 Å². The molecular formula is C23H23BrN2O6S. The molecule has 8 nitrogen and oxygen atoms in total. The lowest BCUT2D eigenvalue weighted by molar-refractivity contribution is -0.140. The van der Waals surface area contributed by atoms with E-state index in [9.17, 15) is 9.59 Å². The molecule has 174 valence electrons. The zero-order chi connectivity index (χ0) is 24.1. The van der Waals surface area contributed by atoms with Gasteiger partial charge in [0, 0.05) is 4.47 Å². The second-order valence-corrected chi connectivity index (χ2v) is 7.99. The normalized spacial score (nSPS) is 14.6. The van der Waals surface area contributed by atoms with Gasteiger partial charge in [0.05, 0.1) is 33.6 Å². The predicted octanol–water partition coefficient (Wildman–Crippen LogP) is 4.01. The second-order valence-electron chi connectivity index (χ2n) is 6.77. The van der Waals surface area contributed by atoms with Crippen LogP contribution in [0.2, 0.25) is 0 Å². The molecule has 1 saturated heterocycles. The van der Waals surface area contributed by atoms with Crippen LogP contribution in [0, 0.1) is 0 Å². The number of anilines is 1. The molecule has 33 heavy (non-hydrogen) atoms. The third kappa shape index (κ3) is 5.12. The average molecular weight is 535 g/mol. The number of esters is 1. The van der Waals surface area contributed by atoms with Crippen LogP contribution >= 0.6 is 28.1 Å². The first-order valence-corrected chi connectivity index (χ1v) is 11.1. The maximum atomic E-state index is 13.5. The Bertz CT molecular complexity index is 1100. The molecule has 0 aliphatic carbocycles. The summed E-state index contributed by atoms with van der Waals surface area (Å²) in [6.07, 6.45) is 1.64. The van der Waals surface area contributed by atoms with Crippen molar-refractivity contribution in [2.24, 2.45) is 0 Å². The molecule has 0 saturated carbocycles. The minimum Gasteiger partial charge on any atom is -0.497 e. The van der Waals surface area contributed by atoms with Gasteiger partial charge in [-0.15, -0.1) is 0 Å². The number of carbonyl (C=O) groups excluding carboxylic acids is 2. The van der Waals surface area contributed by atoms with E-state index in [-0.39, 0.29) is 23.3 Å². The van der Waals surface area contributed by atoms with Gasteiger partial charge in [-0.1, -0.05) is 15.9 Å².